The number of urea groups is 1. The molecule has 1 aromatic carbocycles. The summed E-state index contributed by atoms with van der Waals surface area (Å²) >= 11 is 0. The standard InChI is InChI=1S/C17H23N3O3/c1-12(2)8-9-18-15(21)11-20-16(22)14(19-17(20)23)10-13-6-4-3-5-7-13/h3-7,12,14H,8-11H2,1-2H3,(H,18,21)(H,19,23). The van der Waals surface area contributed by atoms with E-state index >= 15 is 0 Å². The summed E-state index contributed by atoms with van der Waals surface area (Å²) in [6, 6.07) is 8.36. The molecular weight excluding hydrogens is 294 g/mol. The number of imide groups is 1. The van der Waals surface area contributed by atoms with E-state index in [-0.39, 0.29) is 18.4 Å². The fourth-order valence-corrected chi connectivity index (χ4v) is 2.41. The lowest BCUT2D eigenvalue weighted by Crippen LogP contribution is -2.41. The van der Waals surface area contributed by atoms with Crippen molar-refractivity contribution >= 4 is 17.8 Å². The highest BCUT2D eigenvalue weighted by molar-refractivity contribution is 6.06. The van der Waals surface area contributed by atoms with Crippen LogP contribution in [-0.4, -0.2) is 41.9 Å². The van der Waals surface area contributed by atoms with Crippen LogP contribution in [0.3, 0.4) is 0 Å². The van der Waals surface area contributed by atoms with Gasteiger partial charge in [0.25, 0.3) is 5.91 Å². The first-order chi connectivity index (χ1) is 11.0. The van der Waals surface area contributed by atoms with Gasteiger partial charge in [-0.3, -0.25) is 14.5 Å². The molecule has 0 aromatic heterocycles. The Labute approximate surface area is 136 Å². The van der Waals surface area contributed by atoms with Crippen LogP contribution in [0.1, 0.15) is 25.8 Å². The van der Waals surface area contributed by atoms with Crippen molar-refractivity contribution in [2.45, 2.75) is 32.7 Å². The Hall–Kier alpha value is -2.37. The Kier molecular flexibility index (Phi) is 5.73. The molecule has 1 unspecified atom stereocenters. The molecule has 0 bridgehead atoms. The molecule has 2 rings (SSSR count). The van der Waals surface area contributed by atoms with E-state index in [1.807, 2.05) is 30.3 Å². The minimum Gasteiger partial charge on any atom is -0.355 e. The topological polar surface area (TPSA) is 78.5 Å². The molecule has 1 aliphatic rings. The Morgan fingerprint density at radius 3 is 2.61 bits per heavy atom. The van der Waals surface area contributed by atoms with E-state index in [1.165, 1.54) is 0 Å². The third-order valence-electron chi connectivity index (χ3n) is 3.74. The molecule has 0 aliphatic carbocycles. The zero-order valence-electron chi connectivity index (χ0n) is 13.5. The van der Waals surface area contributed by atoms with Gasteiger partial charge in [0, 0.05) is 13.0 Å². The van der Waals surface area contributed by atoms with Crippen LogP contribution < -0.4 is 10.6 Å². The molecule has 6 nitrogen and oxygen atoms in total. The fraction of sp³-hybridized carbons (Fsp3) is 0.471. The number of benzene rings is 1. The summed E-state index contributed by atoms with van der Waals surface area (Å²) in [6.45, 7) is 4.46. The van der Waals surface area contributed by atoms with Crippen LogP contribution in [0.5, 0.6) is 0 Å². The summed E-state index contributed by atoms with van der Waals surface area (Å²) in [5.74, 6) is -0.172. The molecule has 6 heteroatoms. The molecule has 2 N–H and O–H groups in total. The minimum atomic E-state index is -0.603. The van der Waals surface area contributed by atoms with E-state index < -0.39 is 12.1 Å². The largest absolute Gasteiger partial charge is 0.355 e. The first kappa shape index (κ1) is 17.0. The maximum atomic E-state index is 12.3. The second kappa shape index (κ2) is 7.76. The normalized spacial score (nSPS) is 17.5. The highest BCUT2D eigenvalue weighted by Gasteiger charge is 2.38. The Bertz CT molecular complexity index is 572. The molecular formula is C17H23N3O3. The number of carbonyl (C=O) groups is 3. The highest BCUT2D eigenvalue weighted by Crippen LogP contribution is 2.12. The fourth-order valence-electron chi connectivity index (χ4n) is 2.41. The predicted octanol–water partition coefficient (Wildman–Crippen LogP) is 1.31. The number of carbonyl (C=O) groups excluding carboxylic acids is 3. The Morgan fingerprint density at radius 1 is 1.26 bits per heavy atom. The maximum Gasteiger partial charge on any atom is 0.325 e. The number of nitrogens with one attached hydrogen (secondary N) is 2. The predicted molar refractivity (Wildman–Crippen MR) is 86.6 cm³/mol. The second-order valence-corrected chi connectivity index (χ2v) is 6.15. The summed E-state index contributed by atoms with van der Waals surface area (Å²) in [5.41, 5.74) is 0.967. The summed E-state index contributed by atoms with van der Waals surface area (Å²) < 4.78 is 0. The highest BCUT2D eigenvalue weighted by atomic mass is 16.2. The van der Waals surface area contributed by atoms with Crippen LogP contribution in [0, 0.1) is 5.92 Å². The zero-order chi connectivity index (χ0) is 16.8. The van der Waals surface area contributed by atoms with E-state index in [2.05, 4.69) is 24.5 Å². The van der Waals surface area contributed by atoms with Crippen LogP contribution in [0.2, 0.25) is 0 Å². The van der Waals surface area contributed by atoms with Crippen molar-refractivity contribution in [3.05, 3.63) is 35.9 Å². The van der Waals surface area contributed by atoms with Gasteiger partial charge in [-0.2, -0.15) is 0 Å². The van der Waals surface area contributed by atoms with Gasteiger partial charge < -0.3 is 10.6 Å². The molecule has 1 saturated heterocycles. The Morgan fingerprint density at radius 2 is 1.96 bits per heavy atom. The van der Waals surface area contributed by atoms with Crippen molar-refractivity contribution in [3.8, 4) is 0 Å². The molecule has 1 aliphatic heterocycles. The van der Waals surface area contributed by atoms with Crippen LogP contribution in [-0.2, 0) is 16.0 Å². The number of hydrogen-bond acceptors (Lipinski definition) is 3. The van der Waals surface area contributed by atoms with Gasteiger partial charge in [-0.25, -0.2) is 4.79 Å². The van der Waals surface area contributed by atoms with E-state index in [0.29, 0.717) is 18.9 Å². The van der Waals surface area contributed by atoms with E-state index in [0.717, 1.165) is 16.9 Å². The second-order valence-electron chi connectivity index (χ2n) is 6.15. The lowest BCUT2D eigenvalue weighted by atomic mass is 10.1. The average molecular weight is 317 g/mol. The smallest absolute Gasteiger partial charge is 0.325 e. The molecule has 0 radical (unpaired) electrons. The van der Waals surface area contributed by atoms with Crippen molar-refractivity contribution < 1.29 is 14.4 Å². The Balaban J connectivity index is 1.87. The van der Waals surface area contributed by atoms with Gasteiger partial charge in [-0.15, -0.1) is 0 Å². The van der Waals surface area contributed by atoms with Gasteiger partial charge in [0.2, 0.25) is 5.91 Å². The summed E-state index contributed by atoms with van der Waals surface area (Å²) in [5, 5.41) is 5.37. The third kappa shape index (κ3) is 4.81. The number of amides is 4. The molecule has 1 atom stereocenters. The van der Waals surface area contributed by atoms with Gasteiger partial charge in [-0.05, 0) is 17.9 Å². The van der Waals surface area contributed by atoms with Crippen LogP contribution in [0.15, 0.2) is 30.3 Å². The zero-order valence-corrected chi connectivity index (χ0v) is 13.5. The summed E-state index contributed by atoms with van der Waals surface area (Å²) in [7, 11) is 0. The lowest BCUT2D eigenvalue weighted by molar-refractivity contribution is -0.132. The molecule has 0 saturated carbocycles. The molecule has 4 amide bonds. The monoisotopic (exact) mass is 317 g/mol. The SMILES string of the molecule is CC(C)CCNC(=O)CN1C(=O)NC(Cc2ccccc2)C1=O. The van der Waals surface area contributed by atoms with Crippen molar-refractivity contribution in [2.24, 2.45) is 5.92 Å². The van der Waals surface area contributed by atoms with Crippen LogP contribution in [0.4, 0.5) is 4.79 Å². The lowest BCUT2D eigenvalue weighted by Gasteiger charge is -2.13. The van der Waals surface area contributed by atoms with Gasteiger partial charge in [0.05, 0.1) is 0 Å². The number of hydrogen-bond donors (Lipinski definition) is 2. The average Bonchev–Trinajstić information content (AvgIpc) is 2.75. The molecule has 124 valence electrons. The van der Waals surface area contributed by atoms with E-state index in [4.69, 9.17) is 0 Å². The number of nitrogens with zero attached hydrogens (tertiary/aromatic N) is 1. The summed E-state index contributed by atoms with van der Waals surface area (Å²) in [6.07, 6.45) is 1.29. The molecule has 23 heavy (non-hydrogen) atoms. The van der Waals surface area contributed by atoms with Gasteiger partial charge in [0.1, 0.15) is 12.6 Å². The van der Waals surface area contributed by atoms with Crippen molar-refractivity contribution in [1.29, 1.82) is 0 Å². The maximum absolute atomic E-state index is 12.3. The first-order valence-electron chi connectivity index (χ1n) is 7.90. The van der Waals surface area contributed by atoms with E-state index in [1.54, 1.807) is 0 Å². The molecule has 0 spiro atoms. The molecule has 1 heterocycles. The van der Waals surface area contributed by atoms with Gasteiger partial charge >= 0.3 is 6.03 Å². The first-order valence-corrected chi connectivity index (χ1v) is 7.90. The molecule has 1 aromatic rings. The minimum absolute atomic E-state index is 0.228. The quantitative estimate of drug-likeness (QED) is 0.744. The number of rotatable bonds is 7. The van der Waals surface area contributed by atoms with Gasteiger partial charge in [0.15, 0.2) is 0 Å². The van der Waals surface area contributed by atoms with Crippen molar-refractivity contribution in [1.82, 2.24) is 15.5 Å². The third-order valence-corrected chi connectivity index (χ3v) is 3.74. The van der Waals surface area contributed by atoms with Crippen molar-refractivity contribution in [3.63, 3.8) is 0 Å². The van der Waals surface area contributed by atoms with Crippen molar-refractivity contribution in [2.75, 3.05) is 13.1 Å². The van der Waals surface area contributed by atoms with Crippen LogP contribution >= 0.6 is 0 Å². The molecule has 1 fully saturated rings. The van der Waals surface area contributed by atoms with E-state index in [9.17, 15) is 14.4 Å². The van der Waals surface area contributed by atoms with Crippen LogP contribution in [0.25, 0.3) is 0 Å². The summed E-state index contributed by atoms with van der Waals surface area (Å²) in [4.78, 5) is 37.1. The van der Waals surface area contributed by atoms with Gasteiger partial charge in [-0.1, -0.05) is 44.2 Å².